The highest BCUT2D eigenvalue weighted by molar-refractivity contribution is 7.80. The van der Waals surface area contributed by atoms with E-state index in [0.29, 0.717) is 10.8 Å². The number of carbonyl (C=O) groups excluding carboxylic acids is 1. The van der Waals surface area contributed by atoms with E-state index in [4.69, 9.17) is 23.8 Å². The molecule has 0 spiro atoms. The van der Waals surface area contributed by atoms with Crippen molar-refractivity contribution in [1.82, 2.24) is 20.4 Å². The first-order valence-electron chi connectivity index (χ1n) is 7.97. The second-order valence-corrected chi connectivity index (χ2v) is 6.61. The Hall–Kier alpha value is -2.64. The number of aromatic nitrogens is 2. The number of nitrogens with one attached hydrogen (secondary N) is 3. The monoisotopic (exact) mass is 387 g/mol. The van der Waals surface area contributed by atoms with Crippen molar-refractivity contribution in [1.29, 1.82) is 0 Å². The maximum atomic E-state index is 12.2. The number of imidazole rings is 1. The lowest BCUT2D eigenvalue weighted by Crippen LogP contribution is -2.44. The summed E-state index contributed by atoms with van der Waals surface area (Å²) in [6.45, 7) is 1.89. The van der Waals surface area contributed by atoms with Crippen molar-refractivity contribution in [3.8, 4) is 0 Å². The van der Waals surface area contributed by atoms with E-state index >= 15 is 0 Å². The van der Waals surface area contributed by atoms with Gasteiger partial charge in [-0.2, -0.15) is 0 Å². The molecule has 26 heavy (non-hydrogen) atoms. The number of hydrogen-bond acceptors (Lipinski definition) is 3. The smallest absolute Gasteiger partial charge is 0.245 e. The van der Waals surface area contributed by atoms with Crippen molar-refractivity contribution in [2.24, 2.45) is 7.05 Å². The predicted molar refractivity (Wildman–Crippen MR) is 108 cm³/mol. The van der Waals surface area contributed by atoms with Crippen molar-refractivity contribution >= 4 is 51.6 Å². The molecule has 0 aliphatic carbocycles. The Balaban J connectivity index is 1.57. The summed E-state index contributed by atoms with van der Waals surface area (Å²) in [5, 5.41) is 3.92. The van der Waals surface area contributed by atoms with E-state index in [1.54, 1.807) is 6.07 Å². The van der Waals surface area contributed by atoms with E-state index in [-0.39, 0.29) is 17.4 Å². The number of para-hydroxylation sites is 2. The van der Waals surface area contributed by atoms with Crippen LogP contribution in [0.4, 0.5) is 5.69 Å². The second-order valence-electron chi connectivity index (χ2n) is 5.79. The van der Waals surface area contributed by atoms with Gasteiger partial charge in [-0.05, 0) is 49.0 Å². The van der Waals surface area contributed by atoms with Crippen LogP contribution in [-0.2, 0) is 18.3 Å². The summed E-state index contributed by atoms with van der Waals surface area (Å²) in [5.74, 6) is 0.436. The van der Waals surface area contributed by atoms with Gasteiger partial charge in [-0.1, -0.05) is 29.8 Å². The number of nitrogens with zero attached hydrogens (tertiary/aromatic N) is 2. The van der Waals surface area contributed by atoms with E-state index in [1.165, 1.54) is 0 Å². The summed E-state index contributed by atoms with van der Waals surface area (Å²) in [7, 11) is 1.89. The van der Waals surface area contributed by atoms with Crippen LogP contribution in [0.2, 0.25) is 5.02 Å². The molecule has 8 heteroatoms. The maximum absolute atomic E-state index is 12.2. The van der Waals surface area contributed by atoms with Crippen LogP contribution in [0, 0.1) is 6.92 Å². The Morgan fingerprint density at radius 1 is 1.19 bits per heavy atom. The van der Waals surface area contributed by atoms with Crippen LogP contribution >= 0.6 is 23.8 Å². The Morgan fingerprint density at radius 3 is 2.73 bits per heavy atom. The molecule has 3 aromatic rings. The zero-order valence-electron chi connectivity index (χ0n) is 14.3. The summed E-state index contributed by atoms with van der Waals surface area (Å²) in [6, 6.07) is 13.2. The molecule has 0 fully saturated rings. The minimum Gasteiger partial charge on any atom is -0.331 e. The first-order valence-corrected chi connectivity index (χ1v) is 8.75. The third kappa shape index (κ3) is 3.95. The fourth-order valence-corrected chi connectivity index (χ4v) is 2.90. The minimum atomic E-state index is -0.240. The highest BCUT2D eigenvalue weighted by Crippen LogP contribution is 2.22. The number of fused-ring (bicyclic) bond motifs is 1. The van der Waals surface area contributed by atoms with Gasteiger partial charge in [0.25, 0.3) is 0 Å². The normalized spacial score (nSPS) is 10.6. The number of rotatable bonds is 3. The Kier molecular flexibility index (Phi) is 5.39. The number of hydrazine groups is 1. The van der Waals surface area contributed by atoms with Gasteiger partial charge in [-0.25, -0.2) is 4.98 Å². The summed E-state index contributed by atoms with van der Waals surface area (Å²) >= 11 is 11.3. The van der Waals surface area contributed by atoms with Gasteiger partial charge in [0.1, 0.15) is 5.82 Å². The van der Waals surface area contributed by atoms with Crippen molar-refractivity contribution < 1.29 is 4.79 Å². The summed E-state index contributed by atoms with van der Waals surface area (Å²) in [4.78, 5) is 16.7. The van der Waals surface area contributed by atoms with Crippen LogP contribution in [-0.4, -0.2) is 20.6 Å². The highest BCUT2D eigenvalue weighted by atomic mass is 35.5. The molecule has 0 saturated carbocycles. The molecule has 6 nitrogen and oxygen atoms in total. The van der Waals surface area contributed by atoms with Gasteiger partial charge in [0.15, 0.2) is 5.11 Å². The molecule has 0 bridgehead atoms. The molecule has 1 heterocycles. The Morgan fingerprint density at radius 2 is 1.96 bits per heavy atom. The Labute approximate surface area is 161 Å². The fourth-order valence-electron chi connectivity index (χ4n) is 2.56. The van der Waals surface area contributed by atoms with Crippen molar-refractivity contribution in [2.45, 2.75) is 13.3 Å². The molecule has 1 amide bonds. The molecule has 3 rings (SSSR count). The summed E-state index contributed by atoms with van der Waals surface area (Å²) in [6.07, 6.45) is 0.136. The quantitative estimate of drug-likeness (QED) is 0.476. The largest absolute Gasteiger partial charge is 0.331 e. The van der Waals surface area contributed by atoms with E-state index in [0.717, 1.165) is 22.3 Å². The van der Waals surface area contributed by atoms with E-state index in [2.05, 4.69) is 21.2 Å². The number of halogens is 1. The molecule has 3 N–H and O–H groups in total. The highest BCUT2D eigenvalue weighted by Gasteiger charge is 2.12. The number of carbonyl (C=O) groups is 1. The van der Waals surface area contributed by atoms with Crippen LogP contribution in [0.1, 0.15) is 11.4 Å². The van der Waals surface area contributed by atoms with Gasteiger partial charge in [-0.15, -0.1) is 0 Å². The number of anilines is 1. The number of thiocarbonyl (C=S) groups is 1. The van der Waals surface area contributed by atoms with Gasteiger partial charge < -0.3 is 9.88 Å². The van der Waals surface area contributed by atoms with Crippen LogP contribution in [0.15, 0.2) is 42.5 Å². The van der Waals surface area contributed by atoms with Gasteiger partial charge in [0.2, 0.25) is 5.91 Å². The molecule has 0 atom stereocenters. The average molecular weight is 388 g/mol. The number of hydrogen-bond donors (Lipinski definition) is 3. The summed E-state index contributed by atoms with van der Waals surface area (Å²) < 4.78 is 1.90. The standard InChI is InChI=1S/C18H18ClN5OS/c1-11-12(19)6-5-8-13(11)21-18(26)23-22-17(25)10-16-20-14-7-3-4-9-15(14)24(16)2/h3-9H,10H2,1-2H3,(H,22,25)(H2,21,23,26). The van der Waals surface area contributed by atoms with E-state index in [9.17, 15) is 4.79 Å². The van der Waals surface area contributed by atoms with E-state index < -0.39 is 0 Å². The zero-order valence-corrected chi connectivity index (χ0v) is 15.9. The van der Waals surface area contributed by atoms with Gasteiger partial charge >= 0.3 is 0 Å². The fraction of sp³-hybridized carbons (Fsp3) is 0.167. The minimum absolute atomic E-state index is 0.136. The molecule has 1 aromatic heterocycles. The van der Waals surface area contributed by atoms with Crippen LogP contribution in [0.3, 0.4) is 0 Å². The van der Waals surface area contributed by atoms with Gasteiger partial charge in [0, 0.05) is 17.8 Å². The lowest BCUT2D eigenvalue weighted by atomic mass is 10.2. The van der Waals surface area contributed by atoms with Crippen LogP contribution in [0.25, 0.3) is 11.0 Å². The molecule has 0 unspecified atom stereocenters. The molecular formula is C18H18ClN5OS. The van der Waals surface area contributed by atoms with Crippen LogP contribution < -0.4 is 16.2 Å². The van der Waals surface area contributed by atoms with E-state index in [1.807, 2.05) is 54.9 Å². The number of amides is 1. The topological polar surface area (TPSA) is 71.0 Å². The first-order chi connectivity index (χ1) is 12.5. The lowest BCUT2D eigenvalue weighted by molar-refractivity contribution is -0.121. The molecular weight excluding hydrogens is 370 g/mol. The second kappa shape index (κ2) is 7.72. The van der Waals surface area contributed by atoms with Gasteiger partial charge in [-0.3, -0.25) is 15.6 Å². The Bertz CT molecular complexity index is 985. The first kappa shape index (κ1) is 18.2. The zero-order chi connectivity index (χ0) is 18.7. The molecule has 2 aromatic carbocycles. The number of benzene rings is 2. The van der Waals surface area contributed by atoms with Crippen molar-refractivity contribution in [3.63, 3.8) is 0 Å². The molecule has 134 valence electrons. The van der Waals surface area contributed by atoms with Crippen molar-refractivity contribution in [3.05, 3.63) is 58.9 Å². The summed E-state index contributed by atoms with van der Waals surface area (Å²) in [5.41, 5.74) is 8.77. The van der Waals surface area contributed by atoms with Crippen LogP contribution in [0.5, 0.6) is 0 Å². The molecule has 0 radical (unpaired) electrons. The molecule has 0 aliphatic rings. The lowest BCUT2D eigenvalue weighted by Gasteiger charge is -2.13. The third-order valence-corrected chi connectivity index (χ3v) is 4.64. The molecule has 0 aliphatic heterocycles. The maximum Gasteiger partial charge on any atom is 0.245 e. The average Bonchev–Trinajstić information content (AvgIpc) is 2.93. The number of aryl methyl sites for hydroxylation is 1. The predicted octanol–water partition coefficient (Wildman–Crippen LogP) is 3.10. The third-order valence-electron chi connectivity index (χ3n) is 4.03. The van der Waals surface area contributed by atoms with Gasteiger partial charge in [0.05, 0.1) is 17.5 Å². The molecule has 0 saturated heterocycles. The SMILES string of the molecule is Cc1c(Cl)cccc1NC(=S)NNC(=O)Cc1nc2ccccc2n1C. The van der Waals surface area contributed by atoms with Crippen molar-refractivity contribution in [2.75, 3.05) is 5.32 Å².